The lowest BCUT2D eigenvalue weighted by Gasteiger charge is -2.26. The fraction of sp³-hybridized carbons (Fsp3) is 0.500. The van der Waals surface area contributed by atoms with Gasteiger partial charge in [0.2, 0.25) is 6.08 Å². The van der Waals surface area contributed by atoms with Crippen molar-refractivity contribution in [1.29, 1.82) is 0 Å². The van der Waals surface area contributed by atoms with E-state index in [2.05, 4.69) is 4.99 Å². The number of benzene rings is 1. The predicted molar refractivity (Wildman–Crippen MR) is 66.3 cm³/mol. The molecule has 0 bridgehead atoms. The predicted octanol–water partition coefficient (Wildman–Crippen LogP) is 3.82. The smallest absolute Gasteiger partial charge is 0.416 e. The Balaban J connectivity index is 2.60. The van der Waals surface area contributed by atoms with Gasteiger partial charge in [-0.25, -0.2) is 4.79 Å². The standard InChI is InChI=1S/C14H14F3NO2/c1-20-12-5-4-10(14(15,16)17)8-11(12)13(18-9-19)6-2-3-7-13/h4-5,8H,2-3,6-7H2,1H3. The average molecular weight is 285 g/mol. The molecule has 0 aliphatic heterocycles. The lowest BCUT2D eigenvalue weighted by atomic mass is 9.87. The molecule has 0 heterocycles. The van der Waals surface area contributed by atoms with Crippen molar-refractivity contribution in [1.82, 2.24) is 0 Å². The number of methoxy groups -OCH3 is 1. The van der Waals surface area contributed by atoms with Crippen LogP contribution in [0.1, 0.15) is 36.8 Å². The molecule has 0 spiro atoms. The molecule has 0 saturated heterocycles. The van der Waals surface area contributed by atoms with E-state index in [4.69, 9.17) is 4.74 Å². The van der Waals surface area contributed by atoms with E-state index in [-0.39, 0.29) is 0 Å². The average Bonchev–Trinajstić information content (AvgIpc) is 2.87. The molecule has 0 amide bonds. The van der Waals surface area contributed by atoms with Gasteiger partial charge in [0, 0.05) is 5.56 Å². The molecule has 0 atom stereocenters. The van der Waals surface area contributed by atoms with Crippen LogP contribution in [-0.2, 0) is 16.5 Å². The van der Waals surface area contributed by atoms with E-state index in [0.717, 1.165) is 25.0 Å². The van der Waals surface area contributed by atoms with Crippen molar-refractivity contribution < 1.29 is 22.7 Å². The molecule has 3 nitrogen and oxygen atoms in total. The fourth-order valence-corrected chi connectivity index (χ4v) is 2.74. The Kier molecular flexibility index (Phi) is 3.86. The monoisotopic (exact) mass is 285 g/mol. The minimum atomic E-state index is -4.44. The van der Waals surface area contributed by atoms with E-state index < -0.39 is 17.3 Å². The lowest BCUT2D eigenvalue weighted by molar-refractivity contribution is -0.137. The number of nitrogens with zero attached hydrogens (tertiary/aromatic N) is 1. The van der Waals surface area contributed by atoms with Gasteiger partial charge < -0.3 is 4.74 Å². The number of aliphatic imine (C=N–C) groups is 1. The molecule has 1 aromatic carbocycles. The topological polar surface area (TPSA) is 38.7 Å². The highest BCUT2D eigenvalue weighted by atomic mass is 19.4. The number of rotatable bonds is 3. The third kappa shape index (κ3) is 2.56. The highest BCUT2D eigenvalue weighted by molar-refractivity contribution is 5.47. The minimum Gasteiger partial charge on any atom is -0.496 e. The lowest BCUT2D eigenvalue weighted by Crippen LogP contribution is -2.21. The second kappa shape index (κ2) is 5.29. The quantitative estimate of drug-likeness (QED) is 0.625. The zero-order valence-corrected chi connectivity index (χ0v) is 11.0. The summed E-state index contributed by atoms with van der Waals surface area (Å²) >= 11 is 0. The number of halogens is 3. The van der Waals surface area contributed by atoms with Crippen LogP contribution in [0.2, 0.25) is 0 Å². The summed E-state index contributed by atoms with van der Waals surface area (Å²) in [6, 6.07) is 3.28. The molecule has 0 radical (unpaired) electrons. The van der Waals surface area contributed by atoms with Crippen molar-refractivity contribution in [2.75, 3.05) is 7.11 Å². The second-order valence-electron chi connectivity index (χ2n) is 4.85. The first-order valence-corrected chi connectivity index (χ1v) is 6.28. The van der Waals surface area contributed by atoms with Gasteiger partial charge >= 0.3 is 6.18 Å². The summed E-state index contributed by atoms with van der Waals surface area (Å²) in [5.41, 5.74) is -1.38. The van der Waals surface area contributed by atoms with E-state index in [1.807, 2.05) is 0 Å². The van der Waals surface area contributed by atoms with Crippen molar-refractivity contribution >= 4 is 6.08 Å². The first kappa shape index (κ1) is 14.6. The Hall–Kier alpha value is -1.81. The van der Waals surface area contributed by atoms with Crippen LogP contribution in [0.15, 0.2) is 23.2 Å². The van der Waals surface area contributed by atoms with E-state index >= 15 is 0 Å². The fourth-order valence-electron chi connectivity index (χ4n) is 2.74. The highest BCUT2D eigenvalue weighted by Gasteiger charge is 2.40. The molecular formula is C14H14F3NO2. The molecule has 108 valence electrons. The second-order valence-corrected chi connectivity index (χ2v) is 4.85. The molecule has 1 aromatic rings. The van der Waals surface area contributed by atoms with E-state index in [9.17, 15) is 18.0 Å². The van der Waals surface area contributed by atoms with Crippen LogP contribution < -0.4 is 4.74 Å². The molecule has 6 heteroatoms. The molecule has 1 saturated carbocycles. The Morgan fingerprint density at radius 1 is 1.30 bits per heavy atom. The molecular weight excluding hydrogens is 271 g/mol. The summed E-state index contributed by atoms with van der Waals surface area (Å²) in [5.74, 6) is 0.318. The van der Waals surface area contributed by atoms with Crippen molar-refractivity contribution in [2.24, 2.45) is 4.99 Å². The van der Waals surface area contributed by atoms with Gasteiger partial charge in [-0.05, 0) is 31.0 Å². The number of hydrogen-bond acceptors (Lipinski definition) is 3. The molecule has 1 aliphatic rings. The third-order valence-electron chi connectivity index (χ3n) is 3.72. The molecule has 1 fully saturated rings. The maximum Gasteiger partial charge on any atom is 0.416 e. The van der Waals surface area contributed by atoms with Crippen molar-refractivity contribution in [3.8, 4) is 5.75 Å². The van der Waals surface area contributed by atoms with Gasteiger partial charge in [-0.2, -0.15) is 18.2 Å². The first-order chi connectivity index (χ1) is 9.43. The minimum absolute atomic E-state index is 0.315. The molecule has 1 aliphatic carbocycles. The normalized spacial score (nSPS) is 17.6. The number of carbonyl (C=O) groups excluding carboxylic acids is 1. The number of ether oxygens (including phenoxy) is 1. The van der Waals surface area contributed by atoms with Crippen LogP contribution in [0.25, 0.3) is 0 Å². The third-order valence-corrected chi connectivity index (χ3v) is 3.72. The van der Waals surface area contributed by atoms with Crippen molar-refractivity contribution in [3.63, 3.8) is 0 Å². The molecule has 2 rings (SSSR count). The number of hydrogen-bond donors (Lipinski definition) is 0. The van der Waals surface area contributed by atoms with Crippen LogP contribution >= 0.6 is 0 Å². The summed E-state index contributed by atoms with van der Waals surface area (Å²) in [5, 5.41) is 0. The molecule has 0 unspecified atom stereocenters. The molecule has 0 N–H and O–H groups in total. The van der Waals surface area contributed by atoms with Crippen molar-refractivity contribution in [2.45, 2.75) is 37.4 Å². The van der Waals surface area contributed by atoms with Crippen LogP contribution in [0.5, 0.6) is 5.75 Å². The maximum atomic E-state index is 12.9. The van der Waals surface area contributed by atoms with Crippen molar-refractivity contribution in [3.05, 3.63) is 29.3 Å². The largest absolute Gasteiger partial charge is 0.496 e. The van der Waals surface area contributed by atoms with Crippen LogP contribution in [0, 0.1) is 0 Å². The van der Waals surface area contributed by atoms with E-state index in [1.54, 1.807) is 0 Å². The van der Waals surface area contributed by atoms with E-state index in [0.29, 0.717) is 24.2 Å². The van der Waals surface area contributed by atoms with Gasteiger partial charge in [0.15, 0.2) is 0 Å². The highest BCUT2D eigenvalue weighted by Crippen LogP contribution is 2.47. The Bertz CT molecular complexity index is 542. The Morgan fingerprint density at radius 3 is 2.45 bits per heavy atom. The van der Waals surface area contributed by atoms with Gasteiger partial charge in [0.1, 0.15) is 11.3 Å². The summed E-state index contributed by atoms with van der Waals surface area (Å²) in [4.78, 5) is 14.5. The maximum absolute atomic E-state index is 12.9. The van der Waals surface area contributed by atoms with Crippen LogP contribution in [-0.4, -0.2) is 13.2 Å². The van der Waals surface area contributed by atoms with Gasteiger partial charge in [0.25, 0.3) is 0 Å². The van der Waals surface area contributed by atoms with Gasteiger partial charge in [-0.3, -0.25) is 0 Å². The number of isocyanates is 1. The SMILES string of the molecule is COc1ccc(C(F)(F)F)cc1C1(N=C=O)CCCC1. The van der Waals surface area contributed by atoms with Gasteiger partial charge in [0.05, 0.1) is 12.7 Å². The van der Waals surface area contributed by atoms with E-state index in [1.165, 1.54) is 19.3 Å². The number of alkyl halides is 3. The zero-order chi connectivity index (χ0) is 14.8. The zero-order valence-electron chi connectivity index (χ0n) is 11.0. The first-order valence-electron chi connectivity index (χ1n) is 6.28. The Morgan fingerprint density at radius 2 is 1.95 bits per heavy atom. The van der Waals surface area contributed by atoms with Crippen LogP contribution in [0.3, 0.4) is 0 Å². The van der Waals surface area contributed by atoms with Crippen LogP contribution in [0.4, 0.5) is 13.2 Å². The summed E-state index contributed by atoms with van der Waals surface area (Å²) in [6.45, 7) is 0. The Labute approximate surface area is 114 Å². The molecule has 0 aromatic heterocycles. The summed E-state index contributed by atoms with van der Waals surface area (Å²) < 4.78 is 43.7. The summed E-state index contributed by atoms with van der Waals surface area (Å²) in [7, 11) is 1.39. The van der Waals surface area contributed by atoms with Gasteiger partial charge in [-0.15, -0.1) is 0 Å². The van der Waals surface area contributed by atoms with Gasteiger partial charge in [-0.1, -0.05) is 12.8 Å². The summed E-state index contributed by atoms with van der Waals surface area (Å²) in [6.07, 6.45) is -0.267. The molecule has 20 heavy (non-hydrogen) atoms.